The van der Waals surface area contributed by atoms with Crippen LogP contribution < -0.4 is 5.32 Å². The molecule has 0 spiro atoms. The molecular weight excluding hydrogens is 128 g/mol. The highest BCUT2D eigenvalue weighted by molar-refractivity contribution is 5.81. The predicted molar refractivity (Wildman–Crippen MR) is 41.8 cm³/mol. The van der Waals surface area contributed by atoms with Gasteiger partial charge in [0, 0.05) is 15.5 Å². The van der Waals surface area contributed by atoms with Gasteiger partial charge in [-0.3, -0.25) is 4.79 Å². The molecule has 0 bridgehead atoms. The van der Waals surface area contributed by atoms with Crippen LogP contribution in [-0.2, 0) is 4.79 Å². The van der Waals surface area contributed by atoms with Gasteiger partial charge in [0.25, 0.3) is 0 Å². The smallest absolute Gasteiger partial charge is 0.239 e. The van der Waals surface area contributed by atoms with Crippen LogP contribution in [0.1, 0.15) is 14.3 Å². The van der Waals surface area contributed by atoms with E-state index in [1.165, 1.54) is 0 Å². The zero-order valence-corrected chi connectivity index (χ0v) is 6.55. The molecule has 3 nitrogen and oxygen atoms in total. The summed E-state index contributed by atoms with van der Waals surface area (Å²) in [6.45, 7) is 0.990. The summed E-state index contributed by atoms with van der Waals surface area (Å²) < 4.78 is 0. The summed E-state index contributed by atoms with van der Waals surface area (Å²) in [7, 11) is 3.59. The lowest BCUT2D eigenvalue weighted by molar-refractivity contribution is -0.130. The van der Waals surface area contributed by atoms with Gasteiger partial charge in [-0.1, -0.05) is 0 Å². The van der Waals surface area contributed by atoms with Gasteiger partial charge in [-0.2, -0.15) is 0 Å². The number of amides is 1. The number of hydrogen-bond donors (Lipinski definition) is 1. The molecule has 0 aromatic heterocycles. The molecule has 0 saturated carbocycles. The summed E-state index contributed by atoms with van der Waals surface area (Å²) >= 11 is 0. The van der Waals surface area contributed by atoms with Crippen LogP contribution in [0.4, 0.5) is 0 Å². The summed E-state index contributed by atoms with van der Waals surface area (Å²) in [6.07, 6.45) is 2.13. The summed E-state index contributed by atoms with van der Waals surface area (Å²) in [5.41, 5.74) is 0. The van der Waals surface area contributed by atoms with Crippen LogP contribution >= 0.6 is 0 Å². The molecule has 0 unspecified atom stereocenters. The minimum absolute atomic E-state index is 0. The lowest BCUT2D eigenvalue weighted by atomic mass is 10.2. The van der Waals surface area contributed by atoms with Gasteiger partial charge in [0.2, 0.25) is 5.91 Å². The number of rotatable bonds is 1. The Labute approximate surface area is 62.9 Å². The minimum Gasteiger partial charge on any atom is -0.347 e. The molecule has 1 fully saturated rings. The van der Waals surface area contributed by atoms with Crippen molar-refractivity contribution < 1.29 is 6.22 Å². The molecule has 1 aliphatic rings. The first-order valence-electron chi connectivity index (χ1n) is 3.66. The highest BCUT2D eigenvalue weighted by Crippen LogP contribution is 2.06. The molecule has 1 N–H and O–H groups in total. The average Bonchev–Trinajstić information content (AvgIpc) is 2.36. The zero-order chi connectivity index (χ0) is 7.56. The summed E-state index contributed by atoms with van der Waals surface area (Å²) in [4.78, 5) is 12.9. The van der Waals surface area contributed by atoms with E-state index in [0.717, 1.165) is 19.4 Å². The highest BCUT2D eigenvalue weighted by atomic mass is 16.2. The topological polar surface area (TPSA) is 32.3 Å². The van der Waals surface area contributed by atoms with Gasteiger partial charge in [-0.25, -0.2) is 0 Å². The van der Waals surface area contributed by atoms with E-state index in [0.29, 0.717) is 0 Å². The Balaban J connectivity index is 0.000001000. The lowest BCUT2D eigenvalue weighted by Gasteiger charge is -2.15. The molecule has 1 atom stereocenters. The third-order valence-electron chi connectivity index (χ3n) is 1.80. The van der Waals surface area contributed by atoms with Crippen molar-refractivity contribution in [2.45, 2.75) is 18.9 Å². The molecule has 1 saturated heterocycles. The summed E-state index contributed by atoms with van der Waals surface area (Å²) in [6, 6.07) is 0.0926. The first-order valence-corrected chi connectivity index (χ1v) is 3.66. The molecule has 60 valence electrons. The fourth-order valence-electron chi connectivity index (χ4n) is 1.21. The summed E-state index contributed by atoms with van der Waals surface area (Å²) in [5.74, 6) is 0.206. The lowest BCUT2D eigenvalue weighted by Crippen LogP contribution is -2.39. The second-order valence-corrected chi connectivity index (χ2v) is 2.88. The van der Waals surface area contributed by atoms with Crippen LogP contribution in [0.2, 0.25) is 0 Å². The molecule has 0 aromatic rings. The Morgan fingerprint density at radius 1 is 1.70 bits per heavy atom. The second-order valence-electron chi connectivity index (χ2n) is 2.88. The van der Waals surface area contributed by atoms with Crippen molar-refractivity contribution in [1.29, 1.82) is 0 Å². The van der Waals surface area contributed by atoms with E-state index in [1.54, 1.807) is 19.0 Å². The number of nitrogens with zero attached hydrogens (tertiary/aromatic N) is 1. The number of carbonyl (C=O) groups is 1. The van der Waals surface area contributed by atoms with Crippen molar-refractivity contribution in [3.8, 4) is 0 Å². The van der Waals surface area contributed by atoms with E-state index in [1.807, 2.05) is 0 Å². The van der Waals surface area contributed by atoms with Crippen molar-refractivity contribution >= 4 is 5.91 Å². The van der Waals surface area contributed by atoms with Gasteiger partial charge in [-0.15, -0.1) is 0 Å². The molecule has 0 aromatic carbocycles. The zero-order valence-electron chi connectivity index (χ0n) is 6.55. The van der Waals surface area contributed by atoms with Gasteiger partial charge >= 0.3 is 0 Å². The molecule has 1 heterocycles. The predicted octanol–water partition coefficient (Wildman–Crippen LogP) is 0.0726. The number of nitrogens with one attached hydrogen (secondary N) is 1. The second kappa shape index (κ2) is 3.01. The Hall–Kier alpha value is -0.570. The van der Waals surface area contributed by atoms with Gasteiger partial charge in [0.1, 0.15) is 0 Å². The van der Waals surface area contributed by atoms with E-state index in [4.69, 9.17) is 0 Å². The van der Waals surface area contributed by atoms with E-state index < -0.39 is 0 Å². The largest absolute Gasteiger partial charge is 0.347 e. The first-order chi connectivity index (χ1) is 4.72. The van der Waals surface area contributed by atoms with Crippen molar-refractivity contribution in [2.24, 2.45) is 0 Å². The minimum atomic E-state index is 0. The van der Waals surface area contributed by atoms with Crippen molar-refractivity contribution in [2.75, 3.05) is 20.6 Å². The summed E-state index contributed by atoms with van der Waals surface area (Å²) in [5, 5.41) is 3.15. The molecule has 1 aliphatic heterocycles. The quantitative estimate of drug-likeness (QED) is 0.565. The Kier molecular flexibility index (Phi) is 2.27. The van der Waals surface area contributed by atoms with Crippen molar-refractivity contribution in [1.82, 2.24) is 10.2 Å². The third-order valence-corrected chi connectivity index (χ3v) is 1.80. The Morgan fingerprint density at radius 2 is 2.40 bits per heavy atom. The Bertz CT molecular complexity index is 132. The fourth-order valence-corrected chi connectivity index (χ4v) is 1.21. The van der Waals surface area contributed by atoms with E-state index >= 15 is 0 Å². The molecule has 10 heavy (non-hydrogen) atoms. The SMILES string of the molecule is CN(C)C(=O)[C@@H]1CCCN1.[HH]. The first kappa shape index (κ1) is 7.54. The Morgan fingerprint density at radius 3 is 2.80 bits per heavy atom. The molecule has 1 rings (SSSR count). The monoisotopic (exact) mass is 144 g/mol. The maximum atomic E-state index is 11.2. The highest BCUT2D eigenvalue weighted by Gasteiger charge is 2.22. The fraction of sp³-hybridized carbons (Fsp3) is 0.857. The standard InChI is InChI=1S/C7H14N2O.H2/c1-9(2)7(10)6-4-3-5-8-6;/h6,8H,3-5H2,1-2H3;1H/t6-;/m0./s1. The number of carbonyl (C=O) groups excluding carboxylic acids is 1. The van der Waals surface area contributed by atoms with Crippen LogP contribution in [0, 0.1) is 0 Å². The van der Waals surface area contributed by atoms with Crippen LogP contribution in [0.25, 0.3) is 0 Å². The van der Waals surface area contributed by atoms with Crippen molar-refractivity contribution in [3.05, 3.63) is 0 Å². The van der Waals surface area contributed by atoms with Gasteiger partial charge in [0.15, 0.2) is 0 Å². The van der Waals surface area contributed by atoms with Gasteiger partial charge in [0.05, 0.1) is 6.04 Å². The van der Waals surface area contributed by atoms with E-state index in [9.17, 15) is 4.79 Å². The van der Waals surface area contributed by atoms with E-state index in [2.05, 4.69) is 5.32 Å². The van der Waals surface area contributed by atoms with Crippen LogP contribution in [0.3, 0.4) is 0 Å². The van der Waals surface area contributed by atoms with E-state index in [-0.39, 0.29) is 13.4 Å². The molecule has 1 amide bonds. The maximum Gasteiger partial charge on any atom is 0.239 e. The third kappa shape index (κ3) is 1.48. The molecule has 0 aliphatic carbocycles. The normalized spacial score (nSPS) is 24.8. The maximum absolute atomic E-state index is 11.2. The van der Waals surface area contributed by atoms with Gasteiger partial charge < -0.3 is 10.2 Å². The average molecular weight is 144 g/mol. The van der Waals surface area contributed by atoms with Crippen LogP contribution in [0.15, 0.2) is 0 Å². The van der Waals surface area contributed by atoms with Crippen molar-refractivity contribution in [3.63, 3.8) is 0 Å². The van der Waals surface area contributed by atoms with Crippen LogP contribution in [0.5, 0.6) is 0 Å². The molecule has 0 radical (unpaired) electrons. The van der Waals surface area contributed by atoms with Gasteiger partial charge in [-0.05, 0) is 19.4 Å². The number of hydrogen-bond acceptors (Lipinski definition) is 2. The van der Waals surface area contributed by atoms with Crippen LogP contribution in [-0.4, -0.2) is 37.5 Å². The number of likely N-dealkylation sites (N-methyl/N-ethyl adjacent to an activating group) is 1. The molecular formula is C7H16N2O. The molecule has 3 heteroatoms.